The highest BCUT2D eigenvalue weighted by molar-refractivity contribution is 9.10. The molecule has 0 atom stereocenters. The fourth-order valence-corrected chi connectivity index (χ4v) is 2.49. The van der Waals surface area contributed by atoms with E-state index >= 15 is 0 Å². The van der Waals surface area contributed by atoms with E-state index in [0.717, 1.165) is 33.3 Å². The van der Waals surface area contributed by atoms with E-state index in [2.05, 4.69) is 31.9 Å². The van der Waals surface area contributed by atoms with Gasteiger partial charge in [-0.3, -0.25) is 0 Å². The van der Waals surface area contributed by atoms with Gasteiger partial charge < -0.3 is 9.47 Å². The van der Waals surface area contributed by atoms with Gasteiger partial charge in [-0.25, -0.2) is 0 Å². The van der Waals surface area contributed by atoms with Gasteiger partial charge in [-0.2, -0.15) is 0 Å². The largest absolute Gasteiger partial charge is 0.492 e. The molecule has 0 aliphatic rings. The molecule has 2 aromatic carbocycles. The molecule has 2 aromatic rings. The number of halogens is 2. The van der Waals surface area contributed by atoms with Gasteiger partial charge in [-0.15, -0.1) is 0 Å². The van der Waals surface area contributed by atoms with Crippen molar-refractivity contribution in [3.05, 3.63) is 57.5 Å². The van der Waals surface area contributed by atoms with E-state index < -0.39 is 0 Å². The number of rotatable bonds is 7. The molecule has 0 N–H and O–H groups in total. The third kappa shape index (κ3) is 4.84. The van der Waals surface area contributed by atoms with Gasteiger partial charge in [0.1, 0.15) is 11.5 Å². The maximum atomic E-state index is 5.70. The minimum absolute atomic E-state index is 0.696. The predicted molar refractivity (Wildman–Crippen MR) is 88.5 cm³/mol. The molecule has 0 aromatic heterocycles. The average molecular weight is 400 g/mol. The fourth-order valence-electron chi connectivity index (χ4n) is 1.69. The summed E-state index contributed by atoms with van der Waals surface area (Å²) in [4.78, 5) is 0. The lowest BCUT2D eigenvalue weighted by atomic mass is 10.3. The molecule has 0 fully saturated rings. The van der Waals surface area contributed by atoms with E-state index in [-0.39, 0.29) is 0 Å². The van der Waals surface area contributed by atoms with Gasteiger partial charge >= 0.3 is 0 Å². The number of para-hydroxylation sites is 2. The van der Waals surface area contributed by atoms with Crippen LogP contribution in [0.5, 0.6) is 11.5 Å². The summed E-state index contributed by atoms with van der Waals surface area (Å²) in [5.41, 5.74) is 0. The molecule has 0 radical (unpaired) electrons. The van der Waals surface area contributed by atoms with Crippen molar-refractivity contribution in [3.63, 3.8) is 0 Å². The zero-order chi connectivity index (χ0) is 14.2. The minimum Gasteiger partial charge on any atom is -0.492 e. The van der Waals surface area contributed by atoms with Gasteiger partial charge in [-0.05, 0) is 69.0 Å². The first-order valence-electron chi connectivity index (χ1n) is 6.52. The monoisotopic (exact) mass is 398 g/mol. The highest BCUT2D eigenvalue weighted by Gasteiger charge is 2.00. The summed E-state index contributed by atoms with van der Waals surface area (Å²) in [6, 6.07) is 15.8. The van der Waals surface area contributed by atoms with E-state index in [0.29, 0.717) is 13.2 Å². The zero-order valence-corrected chi connectivity index (χ0v) is 14.2. The highest BCUT2D eigenvalue weighted by atomic mass is 79.9. The Morgan fingerprint density at radius 3 is 1.45 bits per heavy atom. The van der Waals surface area contributed by atoms with Crippen molar-refractivity contribution in [2.45, 2.75) is 12.8 Å². The maximum absolute atomic E-state index is 5.70. The van der Waals surface area contributed by atoms with Crippen LogP contribution in [-0.2, 0) is 0 Å². The van der Waals surface area contributed by atoms with Crippen molar-refractivity contribution in [2.75, 3.05) is 13.2 Å². The first kappa shape index (κ1) is 15.4. The Morgan fingerprint density at radius 1 is 0.650 bits per heavy atom. The SMILES string of the molecule is Brc1ccccc1OCCCCOc1ccccc1Br. The second-order valence-corrected chi connectivity index (χ2v) is 5.97. The van der Waals surface area contributed by atoms with Crippen LogP contribution in [0, 0.1) is 0 Å². The Hall–Kier alpha value is -1.000. The molecule has 0 aliphatic carbocycles. The average Bonchev–Trinajstić information content (AvgIpc) is 2.46. The molecule has 0 unspecified atom stereocenters. The summed E-state index contributed by atoms with van der Waals surface area (Å²) in [5, 5.41) is 0. The van der Waals surface area contributed by atoms with Crippen molar-refractivity contribution in [1.29, 1.82) is 0 Å². The van der Waals surface area contributed by atoms with Gasteiger partial charge in [0.2, 0.25) is 0 Å². The predicted octanol–water partition coefficient (Wildman–Crippen LogP) is 5.45. The second-order valence-electron chi connectivity index (χ2n) is 4.26. The molecular formula is C16H16Br2O2. The van der Waals surface area contributed by atoms with Crippen LogP contribution in [-0.4, -0.2) is 13.2 Å². The number of hydrogen-bond donors (Lipinski definition) is 0. The summed E-state index contributed by atoms with van der Waals surface area (Å²) in [7, 11) is 0. The van der Waals surface area contributed by atoms with Gasteiger partial charge in [0, 0.05) is 0 Å². The Labute approximate surface area is 136 Å². The molecule has 0 amide bonds. The number of hydrogen-bond acceptors (Lipinski definition) is 2. The van der Waals surface area contributed by atoms with Crippen molar-refractivity contribution in [3.8, 4) is 11.5 Å². The molecule has 2 nitrogen and oxygen atoms in total. The summed E-state index contributed by atoms with van der Waals surface area (Å²) in [6.45, 7) is 1.39. The summed E-state index contributed by atoms with van der Waals surface area (Å²) in [5.74, 6) is 1.78. The second kappa shape index (κ2) is 8.32. The van der Waals surface area contributed by atoms with Gasteiger partial charge in [0.25, 0.3) is 0 Å². The molecule has 20 heavy (non-hydrogen) atoms. The Bertz CT molecular complexity index is 494. The normalized spacial score (nSPS) is 10.3. The van der Waals surface area contributed by atoms with Gasteiger partial charge in [0.15, 0.2) is 0 Å². The first-order valence-corrected chi connectivity index (χ1v) is 8.10. The van der Waals surface area contributed by atoms with Crippen LogP contribution < -0.4 is 9.47 Å². The number of unbranched alkanes of at least 4 members (excludes halogenated alkanes) is 1. The third-order valence-electron chi connectivity index (χ3n) is 2.73. The van der Waals surface area contributed by atoms with Gasteiger partial charge in [0.05, 0.1) is 22.2 Å². The number of ether oxygens (including phenoxy) is 2. The molecule has 0 bridgehead atoms. The van der Waals surface area contributed by atoms with Crippen LogP contribution in [0.2, 0.25) is 0 Å². The van der Waals surface area contributed by atoms with Crippen LogP contribution in [0.25, 0.3) is 0 Å². The fraction of sp³-hybridized carbons (Fsp3) is 0.250. The van der Waals surface area contributed by atoms with Crippen molar-refractivity contribution in [2.24, 2.45) is 0 Å². The molecule has 106 valence electrons. The summed E-state index contributed by atoms with van der Waals surface area (Å²) >= 11 is 6.93. The van der Waals surface area contributed by atoms with Crippen LogP contribution in [0.4, 0.5) is 0 Å². The Morgan fingerprint density at radius 2 is 1.05 bits per heavy atom. The molecule has 2 rings (SSSR count). The van der Waals surface area contributed by atoms with E-state index in [4.69, 9.17) is 9.47 Å². The Balaban J connectivity index is 1.63. The van der Waals surface area contributed by atoms with Crippen molar-refractivity contribution < 1.29 is 9.47 Å². The summed E-state index contributed by atoms with van der Waals surface area (Å²) < 4.78 is 13.4. The smallest absolute Gasteiger partial charge is 0.133 e. The lowest BCUT2D eigenvalue weighted by Gasteiger charge is -2.09. The number of benzene rings is 2. The standard InChI is InChI=1S/C16H16Br2O2/c17-13-7-1-3-9-15(13)19-11-5-6-12-20-16-10-4-2-8-14(16)18/h1-4,7-10H,5-6,11-12H2. The molecule has 0 aliphatic heterocycles. The van der Waals surface area contributed by atoms with E-state index in [1.54, 1.807) is 0 Å². The van der Waals surface area contributed by atoms with Crippen LogP contribution >= 0.6 is 31.9 Å². The van der Waals surface area contributed by atoms with Crippen LogP contribution in [0.1, 0.15) is 12.8 Å². The minimum atomic E-state index is 0.696. The molecule has 0 saturated heterocycles. The lowest BCUT2D eigenvalue weighted by molar-refractivity contribution is 0.265. The van der Waals surface area contributed by atoms with E-state index in [9.17, 15) is 0 Å². The van der Waals surface area contributed by atoms with E-state index in [1.165, 1.54) is 0 Å². The lowest BCUT2D eigenvalue weighted by Crippen LogP contribution is -2.03. The molecule has 0 heterocycles. The highest BCUT2D eigenvalue weighted by Crippen LogP contribution is 2.25. The van der Waals surface area contributed by atoms with Crippen molar-refractivity contribution >= 4 is 31.9 Å². The topological polar surface area (TPSA) is 18.5 Å². The van der Waals surface area contributed by atoms with Crippen LogP contribution in [0.15, 0.2) is 57.5 Å². The van der Waals surface area contributed by atoms with E-state index in [1.807, 2.05) is 48.5 Å². The first-order chi connectivity index (χ1) is 9.77. The third-order valence-corrected chi connectivity index (χ3v) is 4.04. The van der Waals surface area contributed by atoms with Crippen molar-refractivity contribution in [1.82, 2.24) is 0 Å². The molecule has 0 saturated carbocycles. The van der Waals surface area contributed by atoms with Crippen LogP contribution in [0.3, 0.4) is 0 Å². The molecular weight excluding hydrogens is 384 g/mol. The molecule has 0 spiro atoms. The summed E-state index contributed by atoms with van der Waals surface area (Å²) in [6.07, 6.45) is 1.93. The zero-order valence-electron chi connectivity index (χ0n) is 11.0. The molecule has 4 heteroatoms. The quantitative estimate of drug-likeness (QED) is 0.576. The Kier molecular flexibility index (Phi) is 6.40. The van der Waals surface area contributed by atoms with Gasteiger partial charge in [-0.1, -0.05) is 24.3 Å². The maximum Gasteiger partial charge on any atom is 0.133 e.